The largest absolute Gasteiger partial charge is 0.493 e. The van der Waals surface area contributed by atoms with Gasteiger partial charge in [-0.25, -0.2) is 14.6 Å². The minimum absolute atomic E-state index is 0.356. The Hall–Kier alpha value is -3.74. The zero-order chi connectivity index (χ0) is 17.9. The monoisotopic (exact) mass is 346 g/mol. The van der Waals surface area contributed by atoms with Crippen molar-refractivity contribution in [2.24, 2.45) is 0 Å². The Morgan fingerprint density at radius 1 is 1.04 bits per heavy atom. The lowest BCUT2D eigenvalue weighted by atomic mass is 10.2. The molecule has 26 heavy (non-hydrogen) atoms. The molecule has 7 heteroatoms. The van der Waals surface area contributed by atoms with Crippen LogP contribution in [0.3, 0.4) is 0 Å². The Balaban J connectivity index is 1.77. The van der Waals surface area contributed by atoms with E-state index >= 15 is 0 Å². The van der Waals surface area contributed by atoms with Crippen molar-refractivity contribution in [1.82, 2.24) is 19.7 Å². The average molecular weight is 346 g/mol. The van der Waals surface area contributed by atoms with Gasteiger partial charge >= 0.3 is 0 Å². The van der Waals surface area contributed by atoms with Crippen molar-refractivity contribution < 1.29 is 14.3 Å². The lowest BCUT2D eigenvalue weighted by molar-refractivity contribution is 0.112. The molecule has 0 N–H and O–H groups in total. The summed E-state index contributed by atoms with van der Waals surface area (Å²) in [6.07, 6.45) is 3.83. The summed E-state index contributed by atoms with van der Waals surface area (Å²) in [5.74, 6) is 1.25. The molecule has 0 unspecified atom stereocenters. The Morgan fingerprint density at radius 2 is 1.88 bits per heavy atom. The molecule has 2 heterocycles. The highest BCUT2D eigenvalue weighted by Gasteiger charge is 2.14. The van der Waals surface area contributed by atoms with Gasteiger partial charge in [0, 0.05) is 5.56 Å². The standard InChI is InChI=1S/C19H14N4O3/c1-25-17-9-13(11-24)7-8-16(17)26-19-15-10-22-23(18(15)20-12-21-19)14-5-3-2-4-6-14/h2-12H,1H3. The molecule has 2 aromatic carbocycles. The third-order valence-corrected chi connectivity index (χ3v) is 3.86. The normalized spacial score (nSPS) is 10.7. The minimum Gasteiger partial charge on any atom is -0.493 e. The van der Waals surface area contributed by atoms with Gasteiger partial charge in [-0.05, 0) is 30.3 Å². The van der Waals surface area contributed by atoms with Gasteiger partial charge in [-0.3, -0.25) is 4.79 Å². The topological polar surface area (TPSA) is 79.1 Å². The molecular formula is C19H14N4O3. The summed E-state index contributed by atoms with van der Waals surface area (Å²) in [6.45, 7) is 0. The van der Waals surface area contributed by atoms with Crippen LogP contribution < -0.4 is 9.47 Å². The van der Waals surface area contributed by atoms with Crippen LogP contribution in [0.25, 0.3) is 16.7 Å². The number of para-hydroxylation sites is 1. The minimum atomic E-state index is 0.356. The first kappa shape index (κ1) is 15.8. The summed E-state index contributed by atoms with van der Waals surface area (Å²) >= 11 is 0. The van der Waals surface area contributed by atoms with E-state index in [2.05, 4.69) is 15.1 Å². The van der Waals surface area contributed by atoms with E-state index in [1.165, 1.54) is 13.4 Å². The third-order valence-electron chi connectivity index (χ3n) is 3.86. The van der Waals surface area contributed by atoms with Gasteiger partial charge < -0.3 is 9.47 Å². The van der Waals surface area contributed by atoms with E-state index in [0.717, 1.165) is 12.0 Å². The number of nitrogens with zero attached hydrogens (tertiary/aromatic N) is 4. The fraction of sp³-hybridized carbons (Fsp3) is 0.0526. The zero-order valence-electron chi connectivity index (χ0n) is 13.9. The number of aldehydes is 1. The van der Waals surface area contributed by atoms with Gasteiger partial charge in [0.05, 0.1) is 19.0 Å². The van der Waals surface area contributed by atoms with E-state index in [4.69, 9.17) is 9.47 Å². The van der Waals surface area contributed by atoms with Crippen molar-refractivity contribution in [3.05, 3.63) is 66.6 Å². The van der Waals surface area contributed by atoms with Crippen molar-refractivity contribution in [2.45, 2.75) is 0 Å². The molecule has 0 atom stereocenters. The lowest BCUT2D eigenvalue weighted by Crippen LogP contribution is -1.98. The number of ether oxygens (including phenoxy) is 2. The predicted molar refractivity (Wildman–Crippen MR) is 95.1 cm³/mol. The Morgan fingerprint density at radius 3 is 2.65 bits per heavy atom. The maximum atomic E-state index is 10.9. The van der Waals surface area contributed by atoms with Crippen LogP contribution in [-0.2, 0) is 0 Å². The van der Waals surface area contributed by atoms with Gasteiger partial charge in [0.15, 0.2) is 17.1 Å². The van der Waals surface area contributed by atoms with Gasteiger partial charge in [0.25, 0.3) is 0 Å². The van der Waals surface area contributed by atoms with Crippen LogP contribution in [0.15, 0.2) is 61.1 Å². The second kappa shape index (κ2) is 6.64. The number of carbonyl (C=O) groups is 1. The van der Waals surface area contributed by atoms with E-state index in [1.807, 2.05) is 30.3 Å². The Labute approximate surface area is 148 Å². The highest BCUT2D eigenvalue weighted by molar-refractivity contribution is 5.82. The molecule has 0 bridgehead atoms. The highest BCUT2D eigenvalue weighted by atomic mass is 16.5. The molecule has 0 radical (unpaired) electrons. The Bertz CT molecular complexity index is 1080. The predicted octanol–water partition coefficient (Wildman–Crippen LogP) is 3.43. The summed E-state index contributed by atoms with van der Waals surface area (Å²) < 4.78 is 12.9. The van der Waals surface area contributed by atoms with E-state index in [-0.39, 0.29) is 0 Å². The van der Waals surface area contributed by atoms with Crippen LogP contribution >= 0.6 is 0 Å². The number of fused-ring (bicyclic) bond motifs is 1. The van der Waals surface area contributed by atoms with E-state index in [9.17, 15) is 4.79 Å². The van der Waals surface area contributed by atoms with Gasteiger partial charge in [-0.1, -0.05) is 18.2 Å². The van der Waals surface area contributed by atoms with Crippen LogP contribution in [0, 0.1) is 0 Å². The molecule has 7 nitrogen and oxygen atoms in total. The summed E-state index contributed by atoms with van der Waals surface area (Å²) in [5, 5.41) is 5.06. The van der Waals surface area contributed by atoms with E-state index < -0.39 is 0 Å². The number of carbonyl (C=O) groups excluding carboxylic acids is 1. The van der Waals surface area contributed by atoms with Crippen LogP contribution in [0.2, 0.25) is 0 Å². The van der Waals surface area contributed by atoms with Gasteiger partial charge in [0.1, 0.15) is 18.0 Å². The smallest absolute Gasteiger partial charge is 0.233 e. The molecule has 128 valence electrons. The van der Waals surface area contributed by atoms with Crippen LogP contribution in [-0.4, -0.2) is 33.1 Å². The zero-order valence-corrected chi connectivity index (χ0v) is 13.9. The number of hydrogen-bond acceptors (Lipinski definition) is 6. The number of methoxy groups -OCH3 is 1. The highest BCUT2D eigenvalue weighted by Crippen LogP contribution is 2.34. The van der Waals surface area contributed by atoms with Gasteiger partial charge in [-0.2, -0.15) is 5.10 Å². The molecular weight excluding hydrogens is 332 g/mol. The molecule has 0 aliphatic heterocycles. The van der Waals surface area contributed by atoms with Crippen molar-refractivity contribution in [2.75, 3.05) is 7.11 Å². The van der Waals surface area contributed by atoms with Crippen LogP contribution in [0.5, 0.6) is 17.4 Å². The summed E-state index contributed by atoms with van der Waals surface area (Å²) in [5.41, 5.74) is 2.02. The second-order valence-corrected chi connectivity index (χ2v) is 5.44. The van der Waals surface area contributed by atoms with E-state index in [0.29, 0.717) is 34.0 Å². The van der Waals surface area contributed by atoms with Crippen molar-refractivity contribution in [3.63, 3.8) is 0 Å². The van der Waals surface area contributed by atoms with E-state index in [1.54, 1.807) is 29.1 Å². The first-order valence-electron chi connectivity index (χ1n) is 7.85. The number of benzene rings is 2. The molecule has 0 amide bonds. The number of aromatic nitrogens is 4. The molecule has 0 saturated heterocycles. The maximum Gasteiger partial charge on any atom is 0.233 e. The van der Waals surface area contributed by atoms with Gasteiger partial charge in [0.2, 0.25) is 5.88 Å². The molecule has 0 spiro atoms. The first-order chi connectivity index (χ1) is 12.8. The number of hydrogen-bond donors (Lipinski definition) is 0. The third kappa shape index (κ3) is 2.75. The first-order valence-corrected chi connectivity index (χ1v) is 7.85. The molecule has 0 saturated carbocycles. The molecule has 2 aromatic heterocycles. The molecule has 4 aromatic rings. The summed E-state index contributed by atoms with van der Waals surface area (Å²) in [6, 6.07) is 14.6. The second-order valence-electron chi connectivity index (χ2n) is 5.44. The average Bonchev–Trinajstić information content (AvgIpc) is 3.14. The fourth-order valence-electron chi connectivity index (χ4n) is 2.61. The van der Waals surface area contributed by atoms with Crippen LogP contribution in [0.4, 0.5) is 0 Å². The lowest BCUT2D eigenvalue weighted by Gasteiger charge is -2.10. The summed E-state index contributed by atoms with van der Waals surface area (Å²) in [4.78, 5) is 19.5. The molecule has 4 rings (SSSR count). The molecule has 0 fully saturated rings. The fourth-order valence-corrected chi connectivity index (χ4v) is 2.61. The van der Waals surface area contributed by atoms with Crippen molar-refractivity contribution in [1.29, 1.82) is 0 Å². The molecule has 0 aliphatic carbocycles. The number of rotatable bonds is 5. The van der Waals surface area contributed by atoms with Crippen molar-refractivity contribution >= 4 is 17.3 Å². The maximum absolute atomic E-state index is 10.9. The summed E-state index contributed by atoms with van der Waals surface area (Å²) in [7, 11) is 1.51. The van der Waals surface area contributed by atoms with Gasteiger partial charge in [-0.15, -0.1) is 0 Å². The SMILES string of the molecule is COc1cc(C=O)ccc1Oc1ncnc2c1cnn2-c1ccccc1. The van der Waals surface area contributed by atoms with Crippen molar-refractivity contribution in [3.8, 4) is 23.1 Å². The molecule has 0 aliphatic rings. The Kier molecular flexibility index (Phi) is 4.03. The van der Waals surface area contributed by atoms with Crippen LogP contribution in [0.1, 0.15) is 10.4 Å². The quantitative estimate of drug-likeness (QED) is 0.515.